The maximum absolute atomic E-state index is 12.7. The van der Waals surface area contributed by atoms with Gasteiger partial charge in [0.2, 0.25) is 0 Å². The monoisotopic (exact) mass is 444 g/mol. The Morgan fingerprint density at radius 2 is 1.53 bits per heavy atom. The van der Waals surface area contributed by atoms with Crippen LogP contribution in [0.15, 0.2) is 11.6 Å². The molecule has 0 aromatic carbocycles. The van der Waals surface area contributed by atoms with E-state index in [-0.39, 0.29) is 11.9 Å². The number of allylic oxidation sites excluding steroid dienone is 1. The van der Waals surface area contributed by atoms with Gasteiger partial charge in [0.1, 0.15) is 11.6 Å². The van der Waals surface area contributed by atoms with E-state index in [1.807, 2.05) is 13.2 Å². The number of hydrogen-bond donors (Lipinski definition) is 1. The lowest BCUT2D eigenvalue weighted by atomic mass is 9.70. The van der Waals surface area contributed by atoms with Crippen LogP contribution in [0, 0.1) is 29.1 Å². The third kappa shape index (κ3) is 7.59. The maximum Gasteiger partial charge on any atom is 0.261 e. The van der Waals surface area contributed by atoms with Gasteiger partial charge in [-0.05, 0) is 101 Å². The van der Waals surface area contributed by atoms with E-state index in [0.717, 1.165) is 69.8 Å². The molecule has 0 aliphatic heterocycles. The molecule has 1 N–H and O–H groups in total. The van der Waals surface area contributed by atoms with Crippen molar-refractivity contribution in [1.29, 1.82) is 5.26 Å². The summed E-state index contributed by atoms with van der Waals surface area (Å²) >= 11 is 0. The molecule has 180 valence electrons. The fourth-order valence-corrected chi connectivity index (χ4v) is 6.01. The molecule has 3 saturated carbocycles. The minimum atomic E-state index is -0.178. The van der Waals surface area contributed by atoms with E-state index in [4.69, 9.17) is 9.47 Å². The first-order chi connectivity index (χ1) is 15.6. The van der Waals surface area contributed by atoms with Gasteiger partial charge < -0.3 is 14.8 Å². The van der Waals surface area contributed by atoms with Gasteiger partial charge in [-0.2, -0.15) is 5.26 Å². The summed E-state index contributed by atoms with van der Waals surface area (Å²) in [5, 5.41) is 12.7. The number of hydrogen-bond acceptors (Lipinski definition) is 4. The molecular weight excluding hydrogens is 400 g/mol. The molecule has 0 unspecified atom stereocenters. The average molecular weight is 445 g/mol. The number of carbonyl (C=O) groups is 1. The molecule has 0 bridgehead atoms. The van der Waals surface area contributed by atoms with Gasteiger partial charge in [-0.15, -0.1) is 0 Å². The number of amides is 1. The Balaban J connectivity index is 1.39. The Kier molecular flexibility index (Phi) is 10.5. The first kappa shape index (κ1) is 25.2. The Bertz CT molecular complexity index is 632. The Morgan fingerprint density at radius 1 is 0.938 bits per heavy atom. The second-order valence-corrected chi connectivity index (χ2v) is 10.3. The van der Waals surface area contributed by atoms with Crippen molar-refractivity contribution in [2.45, 2.75) is 115 Å². The van der Waals surface area contributed by atoms with Crippen molar-refractivity contribution in [3.8, 4) is 6.07 Å². The van der Waals surface area contributed by atoms with Crippen molar-refractivity contribution in [2.75, 3.05) is 13.7 Å². The van der Waals surface area contributed by atoms with Gasteiger partial charge in [-0.3, -0.25) is 4.79 Å². The van der Waals surface area contributed by atoms with Crippen LogP contribution in [0.1, 0.15) is 96.8 Å². The van der Waals surface area contributed by atoms with E-state index in [0.29, 0.717) is 23.7 Å². The molecule has 3 aliphatic rings. The number of unbranched alkanes of at least 4 members (excludes halogenated alkanes) is 1. The van der Waals surface area contributed by atoms with E-state index in [9.17, 15) is 10.1 Å². The topological polar surface area (TPSA) is 71.3 Å². The van der Waals surface area contributed by atoms with Gasteiger partial charge in [-0.25, -0.2) is 0 Å². The highest BCUT2D eigenvalue weighted by Crippen LogP contribution is 2.41. The summed E-state index contributed by atoms with van der Waals surface area (Å²) in [5.41, 5.74) is 0.315. The van der Waals surface area contributed by atoms with E-state index in [2.05, 4.69) is 18.3 Å². The molecule has 0 atom stereocenters. The Morgan fingerprint density at radius 3 is 2.09 bits per heavy atom. The van der Waals surface area contributed by atoms with E-state index in [1.165, 1.54) is 38.5 Å². The molecule has 0 spiro atoms. The van der Waals surface area contributed by atoms with Crippen molar-refractivity contribution in [1.82, 2.24) is 5.32 Å². The lowest BCUT2D eigenvalue weighted by Crippen LogP contribution is -2.39. The summed E-state index contributed by atoms with van der Waals surface area (Å²) in [5.74, 6) is 1.84. The number of methoxy groups -OCH3 is 1. The first-order valence-electron chi connectivity index (χ1n) is 13.2. The number of carbonyl (C=O) groups excluding carboxylic acids is 1. The second kappa shape index (κ2) is 13.4. The van der Waals surface area contributed by atoms with Crippen molar-refractivity contribution in [3.05, 3.63) is 11.6 Å². The molecule has 3 rings (SSSR count). The van der Waals surface area contributed by atoms with Crippen molar-refractivity contribution in [3.63, 3.8) is 0 Å². The minimum Gasteiger partial charge on any atom is -0.381 e. The summed E-state index contributed by atoms with van der Waals surface area (Å²) in [6.07, 6.45) is 18.6. The Hall–Kier alpha value is -1.38. The summed E-state index contributed by atoms with van der Waals surface area (Å²) in [6.45, 7) is 3.02. The smallest absolute Gasteiger partial charge is 0.261 e. The summed E-state index contributed by atoms with van der Waals surface area (Å²) in [7, 11) is 1.83. The highest BCUT2D eigenvalue weighted by Gasteiger charge is 2.31. The van der Waals surface area contributed by atoms with Gasteiger partial charge in [0.05, 0.1) is 12.2 Å². The van der Waals surface area contributed by atoms with Gasteiger partial charge in [0.15, 0.2) is 0 Å². The van der Waals surface area contributed by atoms with Crippen LogP contribution in [-0.4, -0.2) is 37.9 Å². The largest absolute Gasteiger partial charge is 0.381 e. The molecule has 5 heteroatoms. The molecule has 3 fully saturated rings. The zero-order valence-electron chi connectivity index (χ0n) is 20.3. The average Bonchev–Trinajstić information content (AvgIpc) is 2.84. The third-order valence-electron chi connectivity index (χ3n) is 8.16. The predicted molar refractivity (Wildman–Crippen MR) is 127 cm³/mol. The maximum atomic E-state index is 12.7. The zero-order valence-corrected chi connectivity index (χ0v) is 20.3. The van der Waals surface area contributed by atoms with Crippen molar-refractivity contribution < 1.29 is 14.3 Å². The number of ether oxygens (including phenoxy) is 2. The summed E-state index contributed by atoms with van der Waals surface area (Å²) in [4.78, 5) is 12.7. The van der Waals surface area contributed by atoms with Crippen LogP contribution in [0.5, 0.6) is 0 Å². The number of nitrogens with zero attached hydrogens (tertiary/aromatic N) is 1. The van der Waals surface area contributed by atoms with Crippen LogP contribution in [0.3, 0.4) is 0 Å². The summed E-state index contributed by atoms with van der Waals surface area (Å²) < 4.78 is 11.4. The molecule has 3 aliphatic carbocycles. The first-order valence-corrected chi connectivity index (χ1v) is 13.2. The fourth-order valence-electron chi connectivity index (χ4n) is 6.01. The van der Waals surface area contributed by atoms with Crippen molar-refractivity contribution in [2.24, 2.45) is 17.8 Å². The Labute approximate surface area is 195 Å². The van der Waals surface area contributed by atoms with Crippen LogP contribution >= 0.6 is 0 Å². The normalized spacial score (nSPS) is 34.0. The number of rotatable bonds is 9. The van der Waals surface area contributed by atoms with Crippen LogP contribution in [0.2, 0.25) is 0 Å². The second-order valence-electron chi connectivity index (χ2n) is 10.3. The van der Waals surface area contributed by atoms with Crippen LogP contribution in [0.25, 0.3) is 0 Å². The third-order valence-corrected chi connectivity index (χ3v) is 8.16. The molecule has 32 heavy (non-hydrogen) atoms. The summed E-state index contributed by atoms with van der Waals surface area (Å²) in [6, 6.07) is 2.35. The zero-order chi connectivity index (χ0) is 22.8. The van der Waals surface area contributed by atoms with E-state index in [1.54, 1.807) is 0 Å². The van der Waals surface area contributed by atoms with Gasteiger partial charge >= 0.3 is 0 Å². The molecular formula is C27H44N2O3. The molecule has 0 heterocycles. The van der Waals surface area contributed by atoms with Gasteiger partial charge in [0, 0.05) is 19.8 Å². The number of nitriles is 1. The van der Waals surface area contributed by atoms with E-state index < -0.39 is 0 Å². The van der Waals surface area contributed by atoms with Crippen LogP contribution in [0.4, 0.5) is 0 Å². The predicted octanol–water partition coefficient (Wildman–Crippen LogP) is 5.69. The molecule has 0 radical (unpaired) electrons. The fraction of sp³-hybridized carbons (Fsp3) is 0.852. The van der Waals surface area contributed by atoms with Crippen LogP contribution in [-0.2, 0) is 14.3 Å². The minimum absolute atomic E-state index is 0.170. The van der Waals surface area contributed by atoms with E-state index >= 15 is 0 Å². The molecule has 5 nitrogen and oxygen atoms in total. The van der Waals surface area contributed by atoms with Crippen molar-refractivity contribution >= 4 is 5.91 Å². The standard InChI is InChI=1S/C27H44N2O3/c1-3-4-17-32-26-15-11-24(12-16-26)29-27(30)23(19-28)18-20-5-7-21(8-6-20)22-9-13-25(31-2)14-10-22/h18,20-22,24-26H,3-17H2,1-2H3,(H,29,30)/b23-18+. The number of nitrogens with one attached hydrogen (secondary N) is 1. The molecule has 0 saturated heterocycles. The SMILES string of the molecule is CCCCOC1CCC(NC(=O)/C(C#N)=C/C2CCC(C3CCC(OC)CC3)CC2)CC1. The molecule has 0 aromatic heterocycles. The molecule has 1 amide bonds. The lowest BCUT2D eigenvalue weighted by molar-refractivity contribution is -0.118. The van der Waals surface area contributed by atoms with Crippen LogP contribution < -0.4 is 5.32 Å². The highest BCUT2D eigenvalue weighted by atomic mass is 16.5. The van der Waals surface area contributed by atoms with Gasteiger partial charge in [-0.1, -0.05) is 19.4 Å². The lowest BCUT2D eigenvalue weighted by Gasteiger charge is -2.37. The molecule has 0 aromatic rings. The quantitative estimate of drug-likeness (QED) is 0.282. The highest BCUT2D eigenvalue weighted by molar-refractivity contribution is 5.97. The van der Waals surface area contributed by atoms with Gasteiger partial charge in [0.25, 0.3) is 5.91 Å².